The van der Waals surface area contributed by atoms with Gasteiger partial charge in [0.15, 0.2) is 0 Å². The van der Waals surface area contributed by atoms with Crippen molar-refractivity contribution in [1.82, 2.24) is 0 Å². The Bertz CT molecular complexity index is 643. The highest BCUT2D eigenvalue weighted by atomic mass is 13.9. The minimum Gasteiger partial charge on any atom is -0.0919 e. The topological polar surface area (TPSA) is 0 Å². The first-order valence-electron chi connectivity index (χ1n) is 9.98. The Labute approximate surface area is 175 Å². The molecule has 0 nitrogen and oxygen atoms in total. The molecule has 0 aliphatic rings. The maximum absolute atomic E-state index is 2.12. The van der Waals surface area contributed by atoms with E-state index < -0.39 is 0 Å². The van der Waals surface area contributed by atoms with Crippen LogP contribution in [-0.4, -0.2) is 0 Å². The molecule has 0 bridgehead atoms. The standard InChI is InChI=1S/C10H12.C8H10.C6H10.C4H8/c1-3-4-10-7-5-9(2)6-8-10;1-7-3-5-8(2)6-4-7;1-3-5-6-4-2;1-3-4-2/h3-8H,1-2H3;3-6H,1-2H3;3-6H,1-2H3;3-4H,1-2H3/b4-3+;;5-3+,6-4+;4-3+. The van der Waals surface area contributed by atoms with Gasteiger partial charge < -0.3 is 0 Å². The van der Waals surface area contributed by atoms with Gasteiger partial charge in [-0.05, 0) is 61.0 Å². The lowest BCUT2D eigenvalue weighted by atomic mass is 10.1. The predicted octanol–water partition coefficient (Wildman–Crippen LogP) is 9.05. The van der Waals surface area contributed by atoms with Crippen molar-refractivity contribution in [1.29, 1.82) is 0 Å². The Balaban J connectivity index is 0. The summed E-state index contributed by atoms with van der Waals surface area (Å²) in [5, 5.41) is 0. The van der Waals surface area contributed by atoms with E-state index in [9.17, 15) is 0 Å². The van der Waals surface area contributed by atoms with Crippen LogP contribution in [0.1, 0.15) is 56.9 Å². The fourth-order valence-corrected chi connectivity index (χ4v) is 1.73. The zero-order valence-corrected chi connectivity index (χ0v) is 19.2. The van der Waals surface area contributed by atoms with E-state index >= 15 is 0 Å². The fourth-order valence-electron chi connectivity index (χ4n) is 1.73. The molecule has 0 spiro atoms. The molecule has 0 fully saturated rings. The van der Waals surface area contributed by atoms with Crippen molar-refractivity contribution in [3.63, 3.8) is 0 Å². The van der Waals surface area contributed by atoms with Gasteiger partial charge in [0.2, 0.25) is 0 Å². The van der Waals surface area contributed by atoms with Crippen LogP contribution in [-0.2, 0) is 0 Å². The average molecular weight is 377 g/mol. The first kappa shape index (κ1) is 27.6. The Hall–Kier alpha value is -2.60. The van der Waals surface area contributed by atoms with Crippen LogP contribution in [0.2, 0.25) is 0 Å². The molecule has 0 unspecified atom stereocenters. The molecule has 0 aromatic heterocycles. The zero-order valence-electron chi connectivity index (χ0n) is 19.2. The molecule has 2 aromatic rings. The second kappa shape index (κ2) is 20.7. The summed E-state index contributed by atoms with van der Waals surface area (Å²) in [7, 11) is 0. The molecular formula is C28H40. The molecular weight excluding hydrogens is 336 g/mol. The van der Waals surface area contributed by atoms with Gasteiger partial charge in [0.1, 0.15) is 0 Å². The summed E-state index contributed by atoms with van der Waals surface area (Å²) in [5.74, 6) is 0. The minimum atomic E-state index is 1.27. The van der Waals surface area contributed by atoms with E-state index in [1.165, 1.54) is 22.3 Å². The predicted molar refractivity (Wildman–Crippen MR) is 132 cm³/mol. The molecule has 0 aliphatic carbocycles. The van der Waals surface area contributed by atoms with Crippen LogP contribution in [0.3, 0.4) is 0 Å². The van der Waals surface area contributed by atoms with Crippen molar-refractivity contribution in [2.45, 2.75) is 55.4 Å². The van der Waals surface area contributed by atoms with Gasteiger partial charge >= 0.3 is 0 Å². The molecule has 28 heavy (non-hydrogen) atoms. The highest BCUT2D eigenvalue weighted by Crippen LogP contribution is 2.04. The molecule has 0 heterocycles. The van der Waals surface area contributed by atoms with Crippen LogP contribution in [0, 0.1) is 20.8 Å². The Morgan fingerprint density at radius 3 is 1.00 bits per heavy atom. The summed E-state index contributed by atoms with van der Waals surface area (Å²) in [6.45, 7) is 16.3. The third-order valence-electron chi connectivity index (χ3n) is 3.48. The highest BCUT2D eigenvalue weighted by Gasteiger charge is 1.83. The first-order chi connectivity index (χ1) is 13.4. The largest absolute Gasteiger partial charge is 0.0919 e. The van der Waals surface area contributed by atoms with Crippen molar-refractivity contribution in [2.75, 3.05) is 0 Å². The molecule has 0 amide bonds. The second-order valence-corrected chi connectivity index (χ2v) is 6.28. The normalized spacial score (nSPS) is 10.3. The minimum absolute atomic E-state index is 1.27. The lowest BCUT2D eigenvalue weighted by molar-refractivity contribution is 1.40. The second-order valence-electron chi connectivity index (χ2n) is 6.28. The van der Waals surface area contributed by atoms with Crippen molar-refractivity contribution in [2.24, 2.45) is 0 Å². The van der Waals surface area contributed by atoms with Crippen LogP contribution in [0.4, 0.5) is 0 Å². The van der Waals surface area contributed by atoms with E-state index in [4.69, 9.17) is 0 Å². The fraction of sp³-hybridized carbons (Fsp3) is 0.286. The third-order valence-corrected chi connectivity index (χ3v) is 3.48. The number of hydrogen-bond donors (Lipinski definition) is 0. The van der Waals surface area contributed by atoms with Gasteiger partial charge in [-0.3, -0.25) is 0 Å². The van der Waals surface area contributed by atoms with E-state index in [0.717, 1.165) is 0 Å². The lowest BCUT2D eigenvalue weighted by Crippen LogP contribution is -1.71. The van der Waals surface area contributed by atoms with Gasteiger partial charge in [-0.2, -0.15) is 0 Å². The molecule has 0 radical (unpaired) electrons. The first-order valence-corrected chi connectivity index (χ1v) is 9.98. The molecule has 152 valence electrons. The van der Waals surface area contributed by atoms with E-state index in [1.807, 2.05) is 77.2 Å². The van der Waals surface area contributed by atoms with Gasteiger partial charge in [-0.25, -0.2) is 0 Å². The van der Waals surface area contributed by atoms with E-state index in [0.29, 0.717) is 0 Å². The zero-order chi connectivity index (χ0) is 21.6. The van der Waals surface area contributed by atoms with Gasteiger partial charge in [0.05, 0.1) is 0 Å². The van der Waals surface area contributed by atoms with Crippen molar-refractivity contribution < 1.29 is 0 Å². The molecule has 0 aliphatic heterocycles. The van der Waals surface area contributed by atoms with Gasteiger partial charge in [-0.15, -0.1) is 0 Å². The Morgan fingerprint density at radius 1 is 0.429 bits per heavy atom. The molecule has 0 N–H and O–H groups in total. The van der Waals surface area contributed by atoms with Crippen molar-refractivity contribution in [3.05, 3.63) is 113 Å². The van der Waals surface area contributed by atoms with Crippen molar-refractivity contribution in [3.8, 4) is 0 Å². The summed E-state index contributed by atoms with van der Waals surface area (Å²) in [5.41, 5.74) is 5.24. The van der Waals surface area contributed by atoms with E-state index in [2.05, 4.69) is 75.4 Å². The summed E-state index contributed by atoms with van der Waals surface area (Å²) < 4.78 is 0. The summed E-state index contributed by atoms with van der Waals surface area (Å²) in [4.78, 5) is 0. The number of hydrogen-bond acceptors (Lipinski definition) is 0. The molecule has 2 rings (SSSR count). The number of allylic oxidation sites excluding steroid dienone is 7. The molecule has 0 saturated carbocycles. The molecule has 0 heteroatoms. The Morgan fingerprint density at radius 2 is 0.750 bits per heavy atom. The molecule has 0 saturated heterocycles. The maximum Gasteiger partial charge on any atom is -0.0260 e. The van der Waals surface area contributed by atoms with Crippen molar-refractivity contribution >= 4 is 6.08 Å². The third kappa shape index (κ3) is 19.7. The van der Waals surface area contributed by atoms with Crippen LogP contribution in [0.5, 0.6) is 0 Å². The number of rotatable bonds is 2. The van der Waals surface area contributed by atoms with Crippen LogP contribution in [0.15, 0.2) is 91.1 Å². The quantitative estimate of drug-likeness (QED) is 0.362. The van der Waals surface area contributed by atoms with Crippen LogP contribution < -0.4 is 0 Å². The molecule has 0 atom stereocenters. The smallest absolute Gasteiger partial charge is 0.0260 e. The average Bonchev–Trinajstić information content (AvgIpc) is 2.72. The van der Waals surface area contributed by atoms with E-state index in [1.54, 1.807) is 0 Å². The van der Waals surface area contributed by atoms with Gasteiger partial charge in [0.25, 0.3) is 0 Å². The Kier molecular flexibility index (Phi) is 20.4. The lowest BCUT2D eigenvalue weighted by Gasteiger charge is -1.92. The number of aryl methyl sites for hydroxylation is 3. The number of benzene rings is 2. The van der Waals surface area contributed by atoms with Crippen LogP contribution >= 0.6 is 0 Å². The highest BCUT2D eigenvalue weighted by molar-refractivity contribution is 5.48. The van der Waals surface area contributed by atoms with E-state index in [-0.39, 0.29) is 0 Å². The van der Waals surface area contributed by atoms with Gasteiger partial charge in [0, 0.05) is 0 Å². The molecule has 2 aromatic carbocycles. The summed E-state index contributed by atoms with van der Waals surface area (Å²) >= 11 is 0. The maximum atomic E-state index is 2.12. The van der Waals surface area contributed by atoms with Gasteiger partial charge in [-0.1, -0.05) is 114 Å². The monoisotopic (exact) mass is 376 g/mol. The van der Waals surface area contributed by atoms with Crippen LogP contribution in [0.25, 0.3) is 6.08 Å². The summed E-state index contributed by atoms with van der Waals surface area (Å²) in [6.07, 6.45) is 16.1. The summed E-state index contributed by atoms with van der Waals surface area (Å²) in [6, 6.07) is 17.0. The SMILES string of the molecule is C/C=C/C.C/C=C/C=C/C.C/C=C/c1ccc(C)cc1.Cc1ccc(C)cc1.